The Labute approximate surface area is 230 Å². The third-order valence-corrected chi connectivity index (χ3v) is 8.49. The molecule has 206 valence electrons. The van der Waals surface area contributed by atoms with Crippen molar-refractivity contribution < 1.29 is 27.5 Å². The third-order valence-electron chi connectivity index (χ3n) is 6.90. The molecule has 0 aliphatic heterocycles. The fraction of sp³-hybridized carbons (Fsp3) is 0.355. The molecule has 0 atom stereocenters. The molecule has 0 aromatic heterocycles. The number of hydrogen-bond donors (Lipinski definition) is 1. The van der Waals surface area contributed by atoms with Gasteiger partial charge in [0.15, 0.2) is 0 Å². The summed E-state index contributed by atoms with van der Waals surface area (Å²) in [5.74, 6) is -0.480. The van der Waals surface area contributed by atoms with Gasteiger partial charge < -0.3 is 9.47 Å². The molecule has 8 heteroatoms. The number of carbonyl (C=O) groups is 2. The van der Waals surface area contributed by atoms with Crippen LogP contribution < -0.4 is 14.2 Å². The first kappa shape index (κ1) is 28.5. The van der Waals surface area contributed by atoms with Gasteiger partial charge in [0, 0.05) is 25.8 Å². The van der Waals surface area contributed by atoms with Crippen LogP contribution in [0.2, 0.25) is 0 Å². The van der Waals surface area contributed by atoms with Crippen LogP contribution in [0.5, 0.6) is 11.5 Å². The Morgan fingerprint density at radius 2 is 1.18 bits per heavy atom. The van der Waals surface area contributed by atoms with Crippen LogP contribution in [0.4, 0.5) is 0 Å². The highest BCUT2D eigenvalue weighted by atomic mass is 32.2. The zero-order valence-corrected chi connectivity index (χ0v) is 23.2. The molecule has 1 aliphatic carbocycles. The highest BCUT2D eigenvalue weighted by Crippen LogP contribution is 2.37. The normalized spacial score (nSPS) is 14.8. The van der Waals surface area contributed by atoms with Crippen molar-refractivity contribution in [2.45, 2.75) is 75.6 Å². The molecule has 3 aromatic carbocycles. The molecular formula is C31H35NO6S. The molecule has 0 bridgehead atoms. The summed E-state index contributed by atoms with van der Waals surface area (Å²) in [4.78, 5) is 23.0. The summed E-state index contributed by atoms with van der Waals surface area (Å²) in [6, 6.07) is 21.0. The summed E-state index contributed by atoms with van der Waals surface area (Å²) in [6.45, 7) is 2.68. The molecular weight excluding hydrogens is 514 g/mol. The number of esters is 2. The van der Waals surface area contributed by atoms with Crippen molar-refractivity contribution in [2.24, 2.45) is 0 Å². The Hall–Kier alpha value is -3.49. The minimum atomic E-state index is -3.82. The zero-order chi connectivity index (χ0) is 27.8. The second kappa shape index (κ2) is 13.0. The van der Waals surface area contributed by atoms with Crippen LogP contribution in [0.15, 0.2) is 77.7 Å². The van der Waals surface area contributed by atoms with Gasteiger partial charge in [0.05, 0.1) is 4.90 Å². The molecule has 0 amide bonds. The van der Waals surface area contributed by atoms with E-state index in [2.05, 4.69) is 4.72 Å². The first-order valence-electron chi connectivity index (χ1n) is 13.4. The molecule has 1 aliphatic rings. The molecule has 0 heterocycles. The van der Waals surface area contributed by atoms with Crippen molar-refractivity contribution in [3.8, 4) is 11.5 Å². The minimum Gasteiger partial charge on any atom is -0.427 e. The van der Waals surface area contributed by atoms with E-state index in [1.54, 1.807) is 36.4 Å². The largest absolute Gasteiger partial charge is 0.427 e. The van der Waals surface area contributed by atoms with Crippen molar-refractivity contribution in [3.05, 3.63) is 89.5 Å². The van der Waals surface area contributed by atoms with E-state index in [0.29, 0.717) is 17.1 Å². The summed E-state index contributed by atoms with van der Waals surface area (Å²) >= 11 is 0. The van der Waals surface area contributed by atoms with Crippen LogP contribution >= 0.6 is 0 Å². The van der Waals surface area contributed by atoms with Crippen LogP contribution in [0.25, 0.3) is 0 Å². The molecule has 0 radical (unpaired) electrons. The van der Waals surface area contributed by atoms with Crippen LogP contribution in [0.1, 0.15) is 81.4 Å². The molecule has 0 spiro atoms. The summed E-state index contributed by atoms with van der Waals surface area (Å²) < 4.78 is 41.0. The van der Waals surface area contributed by atoms with Gasteiger partial charge in [-0.2, -0.15) is 0 Å². The van der Waals surface area contributed by atoms with Gasteiger partial charge in [0.25, 0.3) is 0 Å². The second-order valence-electron chi connectivity index (χ2n) is 9.96. The van der Waals surface area contributed by atoms with Gasteiger partial charge >= 0.3 is 11.9 Å². The average molecular weight is 550 g/mol. The monoisotopic (exact) mass is 549 g/mol. The third kappa shape index (κ3) is 7.77. The number of sulfonamides is 1. The van der Waals surface area contributed by atoms with E-state index in [4.69, 9.17) is 9.47 Å². The van der Waals surface area contributed by atoms with Crippen molar-refractivity contribution >= 4 is 22.0 Å². The lowest BCUT2D eigenvalue weighted by Gasteiger charge is -2.25. The molecule has 4 rings (SSSR count). The van der Waals surface area contributed by atoms with E-state index in [-0.39, 0.29) is 10.9 Å². The molecule has 3 aromatic rings. The smallest absolute Gasteiger partial charge is 0.308 e. The van der Waals surface area contributed by atoms with E-state index < -0.39 is 27.9 Å². The van der Waals surface area contributed by atoms with Gasteiger partial charge in [-0.25, -0.2) is 13.1 Å². The number of nitrogens with one attached hydrogen (secondary N) is 1. The summed E-state index contributed by atoms with van der Waals surface area (Å²) in [5, 5.41) is 0. The molecule has 0 unspecified atom stereocenters. The molecule has 1 N–H and O–H groups in total. The maximum Gasteiger partial charge on any atom is 0.308 e. The van der Waals surface area contributed by atoms with E-state index in [1.165, 1.54) is 20.3 Å². The van der Waals surface area contributed by atoms with Crippen LogP contribution in [-0.2, 0) is 19.6 Å². The van der Waals surface area contributed by atoms with Crippen LogP contribution in [0, 0.1) is 0 Å². The summed E-state index contributed by atoms with van der Waals surface area (Å²) in [7, 11) is -3.82. The molecule has 1 fully saturated rings. The average Bonchev–Trinajstić information content (AvgIpc) is 2.87. The van der Waals surface area contributed by atoms with Gasteiger partial charge in [-0.15, -0.1) is 0 Å². The van der Waals surface area contributed by atoms with Crippen molar-refractivity contribution in [1.82, 2.24) is 4.72 Å². The lowest BCUT2D eigenvalue weighted by Crippen LogP contribution is -2.36. The number of ether oxygens (including phenoxy) is 2. The van der Waals surface area contributed by atoms with Gasteiger partial charge in [-0.3, -0.25) is 9.59 Å². The Morgan fingerprint density at radius 3 is 1.67 bits per heavy atom. The van der Waals surface area contributed by atoms with Gasteiger partial charge in [-0.1, -0.05) is 74.6 Å². The SMILES string of the molecule is CC(=O)Oc1ccc(C(c2ccc(OC(C)=O)cc2)c2ccccc2S(=O)(=O)NC2CCCCCCC2)cc1. The highest BCUT2D eigenvalue weighted by Gasteiger charge is 2.28. The van der Waals surface area contributed by atoms with Gasteiger partial charge in [0.2, 0.25) is 10.0 Å². The Bertz CT molecular complexity index is 1320. The van der Waals surface area contributed by atoms with E-state index in [1.807, 2.05) is 36.4 Å². The molecule has 0 saturated heterocycles. The highest BCUT2D eigenvalue weighted by molar-refractivity contribution is 7.89. The first-order chi connectivity index (χ1) is 18.7. The fourth-order valence-corrected chi connectivity index (χ4v) is 6.72. The summed E-state index contributed by atoms with van der Waals surface area (Å²) in [6.07, 6.45) is 7.16. The lowest BCUT2D eigenvalue weighted by molar-refractivity contribution is -0.132. The zero-order valence-electron chi connectivity index (χ0n) is 22.4. The second-order valence-corrected chi connectivity index (χ2v) is 11.6. The predicted octanol–water partition coefficient (Wildman–Crippen LogP) is 6.11. The van der Waals surface area contributed by atoms with Crippen LogP contribution in [-0.4, -0.2) is 26.4 Å². The minimum absolute atomic E-state index is 0.0900. The van der Waals surface area contributed by atoms with Crippen molar-refractivity contribution in [1.29, 1.82) is 0 Å². The maximum atomic E-state index is 13.8. The maximum absolute atomic E-state index is 13.8. The molecule has 7 nitrogen and oxygen atoms in total. The van der Waals surface area contributed by atoms with E-state index in [9.17, 15) is 18.0 Å². The lowest BCUT2D eigenvalue weighted by atomic mass is 9.85. The predicted molar refractivity (Wildman–Crippen MR) is 149 cm³/mol. The number of benzene rings is 3. The Kier molecular flexibility index (Phi) is 9.54. The molecule has 39 heavy (non-hydrogen) atoms. The number of rotatable bonds is 8. The van der Waals surface area contributed by atoms with Crippen LogP contribution in [0.3, 0.4) is 0 Å². The van der Waals surface area contributed by atoms with Gasteiger partial charge in [-0.05, 0) is 59.9 Å². The number of carbonyl (C=O) groups excluding carboxylic acids is 2. The number of hydrogen-bond acceptors (Lipinski definition) is 6. The van der Waals surface area contributed by atoms with E-state index >= 15 is 0 Å². The summed E-state index contributed by atoms with van der Waals surface area (Å²) in [5.41, 5.74) is 2.26. The van der Waals surface area contributed by atoms with Gasteiger partial charge in [0.1, 0.15) is 11.5 Å². The molecule has 1 saturated carbocycles. The van der Waals surface area contributed by atoms with Crippen molar-refractivity contribution in [3.63, 3.8) is 0 Å². The topological polar surface area (TPSA) is 98.8 Å². The Balaban J connectivity index is 1.75. The van der Waals surface area contributed by atoms with Crippen molar-refractivity contribution in [2.75, 3.05) is 0 Å². The Morgan fingerprint density at radius 1 is 0.718 bits per heavy atom. The quantitative estimate of drug-likeness (QED) is 0.207. The fourth-order valence-electron chi connectivity index (χ4n) is 5.16. The van der Waals surface area contributed by atoms with E-state index in [0.717, 1.165) is 49.7 Å². The standard InChI is InChI=1S/C31H35NO6S/c1-22(33)37-27-18-14-24(15-19-27)31(25-16-20-28(21-17-25)38-23(2)34)29-12-8-9-13-30(29)39(35,36)32-26-10-6-4-3-5-7-11-26/h8-9,12-21,26,31-32H,3-7,10-11H2,1-2H3. The first-order valence-corrected chi connectivity index (χ1v) is 14.9.